The van der Waals surface area contributed by atoms with Gasteiger partial charge in [-0.3, -0.25) is 4.79 Å². The van der Waals surface area contributed by atoms with Crippen LogP contribution in [0, 0.1) is 0 Å². The maximum atomic E-state index is 11.6. The Kier molecular flexibility index (Phi) is 6.90. The molecule has 0 spiro atoms. The number of halogens is 1. The zero-order chi connectivity index (χ0) is 16.3. The highest BCUT2D eigenvalue weighted by atomic mass is 35.5. The Balaban J connectivity index is 0.00000264. The van der Waals surface area contributed by atoms with Gasteiger partial charge in [0.2, 0.25) is 5.91 Å². The number of hydrogen-bond acceptors (Lipinski definition) is 3. The molecule has 0 aromatic heterocycles. The second kappa shape index (κ2) is 8.02. The van der Waals surface area contributed by atoms with Crippen molar-refractivity contribution in [2.45, 2.75) is 58.0 Å². The number of benzene rings is 1. The second-order valence-electron chi connectivity index (χ2n) is 7.36. The average Bonchev–Trinajstić information content (AvgIpc) is 2.47. The Morgan fingerprint density at radius 3 is 2.17 bits per heavy atom. The van der Waals surface area contributed by atoms with E-state index in [2.05, 4.69) is 55.3 Å². The first-order valence-corrected chi connectivity index (χ1v) is 8.19. The van der Waals surface area contributed by atoms with Crippen LogP contribution in [0.4, 0.5) is 5.69 Å². The van der Waals surface area contributed by atoms with Gasteiger partial charge >= 0.3 is 0 Å². The Labute approximate surface area is 146 Å². The molecule has 1 aliphatic heterocycles. The fraction of sp³-hybridized carbons (Fsp3) is 0.611. The summed E-state index contributed by atoms with van der Waals surface area (Å²) in [5.41, 5.74) is 8.41. The summed E-state index contributed by atoms with van der Waals surface area (Å²) < 4.78 is 0. The maximum Gasteiger partial charge on any atom is 0.236 e. The predicted octanol–water partition coefficient (Wildman–Crippen LogP) is 2.84. The smallest absolute Gasteiger partial charge is 0.236 e. The molecule has 2 rings (SSSR count). The molecule has 1 saturated heterocycles. The van der Waals surface area contributed by atoms with Crippen molar-refractivity contribution in [1.29, 1.82) is 0 Å². The Bertz CT molecular complexity index is 500. The molecule has 0 aliphatic carbocycles. The minimum Gasteiger partial charge on any atom is -0.371 e. The van der Waals surface area contributed by atoms with Gasteiger partial charge in [-0.2, -0.15) is 0 Å². The molecule has 23 heavy (non-hydrogen) atoms. The van der Waals surface area contributed by atoms with Gasteiger partial charge in [-0.05, 0) is 42.9 Å². The van der Waals surface area contributed by atoms with Crippen LogP contribution < -0.4 is 16.0 Å². The second-order valence-corrected chi connectivity index (χ2v) is 7.36. The van der Waals surface area contributed by atoms with Crippen molar-refractivity contribution >= 4 is 24.0 Å². The van der Waals surface area contributed by atoms with Crippen LogP contribution in [-0.2, 0) is 10.2 Å². The van der Waals surface area contributed by atoms with Gasteiger partial charge in [0.05, 0.1) is 6.04 Å². The average molecular weight is 340 g/mol. The first-order valence-electron chi connectivity index (χ1n) is 8.19. The topological polar surface area (TPSA) is 58.4 Å². The number of nitrogens with two attached hydrogens (primary N) is 1. The molecule has 1 aliphatic rings. The van der Waals surface area contributed by atoms with E-state index in [4.69, 9.17) is 5.73 Å². The molecule has 1 unspecified atom stereocenters. The summed E-state index contributed by atoms with van der Waals surface area (Å²) in [6, 6.07) is 8.69. The number of nitrogens with one attached hydrogen (secondary N) is 1. The summed E-state index contributed by atoms with van der Waals surface area (Å²) in [5.74, 6) is -0.0482. The van der Waals surface area contributed by atoms with Crippen LogP contribution in [0.2, 0.25) is 0 Å². The van der Waals surface area contributed by atoms with Gasteiger partial charge in [0.25, 0.3) is 0 Å². The zero-order valence-electron chi connectivity index (χ0n) is 14.6. The Morgan fingerprint density at radius 1 is 1.22 bits per heavy atom. The van der Waals surface area contributed by atoms with Crippen molar-refractivity contribution in [3.63, 3.8) is 0 Å². The highest BCUT2D eigenvalue weighted by molar-refractivity contribution is 5.85. The normalized spacial score (nSPS) is 17.3. The van der Waals surface area contributed by atoms with Crippen LogP contribution >= 0.6 is 12.4 Å². The molecule has 130 valence electrons. The van der Waals surface area contributed by atoms with Crippen LogP contribution in [0.5, 0.6) is 0 Å². The molecule has 1 fully saturated rings. The van der Waals surface area contributed by atoms with Crippen LogP contribution in [0.1, 0.15) is 46.1 Å². The van der Waals surface area contributed by atoms with Crippen LogP contribution in [0.15, 0.2) is 24.3 Å². The largest absolute Gasteiger partial charge is 0.371 e. The van der Waals surface area contributed by atoms with E-state index in [1.807, 2.05) is 0 Å². The molecule has 5 heteroatoms. The number of carbonyl (C=O) groups excluding carboxylic acids is 1. The maximum absolute atomic E-state index is 11.6. The molecular weight excluding hydrogens is 310 g/mol. The zero-order valence-corrected chi connectivity index (χ0v) is 15.5. The minimum atomic E-state index is -0.428. The van der Waals surface area contributed by atoms with E-state index in [9.17, 15) is 4.79 Å². The molecular formula is C18H30ClN3O. The molecule has 1 amide bonds. The van der Waals surface area contributed by atoms with Crippen LogP contribution in [-0.4, -0.2) is 31.1 Å². The lowest BCUT2D eigenvalue weighted by atomic mass is 9.87. The summed E-state index contributed by atoms with van der Waals surface area (Å²) in [4.78, 5) is 14.0. The SMILES string of the molecule is CC(N)C(=O)NC1CCN(c2ccc(C(C)(C)C)cc2)CC1.Cl. The minimum absolute atomic E-state index is 0. The van der Waals surface area contributed by atoms with Crippen molar-refractivity contribution in [3.8, 4) is 0 Å². The van der Waals surface area contributed by atoms with E-state index in [0.29, 0.717) is 0 Å². The lowest BCUT2D eigenvalue weighted by molar-refractivity contribution is -0.122. The molecule has 3 N–H and O–H groups in total. The van der Waals surface area contributed by atoms with E-state index in [0.717, 1.165) is 25.9 Å². The lowest BCUT2D eigenvalue weighted by Gasteiger charge is -2.34. The van der Waals surface area contributed by atoms with Crippen LogP contribution in [0.3, 0.4) is 0 Å². The molecule has 0 radical (unpaired) electrons. The number of nitrogens with zero attached hydrogens (tertiary/aromatic N) is 1. The molecule has 1 heterocycles. The quantitative estimate of drug-likeness (QED) is 0.890. The summed E-state index contributed by atoms with van der Waals surface area (Å²) in [6.45, 7) is 10.4. The molecule has 1 aromatic carbocycles. The third-order valence-corrected chi connectivity index (χ3v) is 4.35. The molecule has 4 nitrogen and oxygen atoms in total. The number of carbonyl (C=O) groups is 1. The number of anilines is 1. The molecule has 1 atom stereocenters. The van der Waals surface area contributed by atoms with Gasteiger partial charge in [0.1, 0.15) is 0 Å². The number of hydrogen-bond donors (Lipinski definition) is 2. The highest BCUT2D eigenvalue weighted by Gasteiger charge is 2.22. The van der Waals surface area contributed by atoms with Gasteiger partial charge in [-0.25, -0.2) is 0 Å². The lowest BCUT2D eigenvalue weighted by Crippen LogP contribution is -2.48. The summed E-state index contributed by atoms with van der Waals surface area (Å²) >= 11 is 0. The third-order valence-electron chi connectivity index (χ3n) is 4.35. The van der Waals surface area contributed by atoms with E-state index in [1.165, 1.54) is 11.3 Å². The fourth-order valence-electron chi connectivity index (χ4n) is 2.79. The summed E-state index contributed by atoms with van der Waals surface area (Å²) in [7, 11) is 0. The number of piperidine rings is 1. The Morgan fingerprint density at radius 2 is 1.74 bits per heavy atom. The van der Waals surface area contributed by atoms with E-state index in [1.54, 1.807) is 6.92 Å². The van der Waals surface area contributed by atoms with E-state index >= 15 is 0 Å². The van der Waals surface area contributed by atoms with Gasteiger partial charge in [0.15, 0.2) is 0 Å². The standard InChI is InChI=1S/C18H29N3O.ClH/c1-13(19)17(22)20-15-9-11-21(12-10-15)16-7-5-14(6-8-16)18(2,3)4;/h5-8,13,15H,9-12,19H2,1-4H3,(H,20,22);1H. The van der Waals surface area contributed by atoms with Gasteiger partial charge < -0.3 is 16.0 Å². The monoisotopic (exact) mass is 339 g/mol. The van der Waals surface area contributed by atoms with Gasteiger partial charge in [-0.1, -0.05) is 32.9 Å². The summed E-state index contributed by atoms with van der Waals surface area (Å²) in [6.07, 6.45) is 1.94. The van der Waals surface area contributed by atoms with Crippen molar-refractivity contribution in [1.82, 2.24) is 5.32 Å². The van der Waals surface area contributed by atoms with Gasteiger partial charge in [0, 0.05) is 24.8 Å². The molecule has 0 bridgehead atoms. The Hall–Kier alpha value is -1.26. The predicted molar refractivity (Wildman–Crippen MR) is 99.4 cm³/mol. The van der Waals surface area contributed by atoms with E-state index < -0.39 is 6.04 Å². The number of amides is 1. The first kappa shape index (κ1) is 19.8. The molecule has 0 saturated carbocycles. The van der Waals surface area contributed by atoms with Crippen molar-refractivity contribution < 1.29 is 4.79 Å². The van der Waals surface area contributed by atoms with E-state index in [-0.39, 0.29) is 29.8 Å². The first-order chi connectivity index (χ1) is 10.3. The summed E-state index contributed by atoms with van der Waals surface area (Å²) in [5, 5.41) is 3.03. The third kappa shape index (κ3) is 5.40. The highest BCUT2D eigenvalue weighted by Crippen LogP contribution is 2.26. The van der Waals surface area contributed by atoms with Crippen molar-refractivity contribution in [3.05, 3.63) is 29.8 Å². The van der Waals surface area contributed by atoms with Crippen LogP contribution in [0.25, 0.3) is 0 Å². The fourth-order valence-corrected chi connectivity index (χ4v) is 2.79. The van der Waals surface area contributed by atoms with Crippen molar-refractivity contribution in [2.75, 3.05) is 18.0 Å². The molecule has 1 aromatic rings. The van der Waals surface area contributed by atoms with Gasteiger partial charge in [-0.15, -0.1) is 12.4 Å². The van der Waals surface area contributed by atoms with Crippen molar-refractivity contribution in [2.24, 2.45) is 5.73 Å². The number of rotatable bonds is 3.